The van der Waals surface area contributed by atoms with E-state index in [0.29, 0.717) is 11.4 Å². The molecule has 72 valence electrons. The van der Waals surface area contributed by atoms with E-state index >= 15 is 0 Å². The van der Waals surface area contributed by atoms with Crippen LogP contribution >= 0.6 is 11.6 Å². The van der Waals surface area contributed by atoms with Gasteiger partial charge in [-0.2, -0.15) is 0 Å². The molecule has 1 heterocycles. The van der Waals surface area contributed by atoms with Crippen LogP contribution < -0.4 is 4.74 Å². The number of rotatable bonds is 3. The summed E-state index contributed by atoms with van der Waals surface area (Å²) in [4.78, 5) is 3.75. The zero-order valence-electron chi connectivity index (χ0n) is 6.93. The van der Waals surface area contributed by atoms with Crippen molar-refractivity contribution < 1.29 is 13.5 Å². The van der Waals surface area contributed by atoms with E-state index in [1.807, 2.05) is 0 Å². The third-order valence-electron chi connectivity index (χ3n) is 1.55. The average molecular weight is 208 g/mol. The molecule has 0 radical (unpaired) electrons. The van der Waals surface area contributed by atoms with Crippen molar-refractivity contribution in [3.63, 3.8) is 0 Å². The van der Waals surface area contributed by atoms with Crippen LogP contribution in [0.25, 0.3) is 0 Å². The van der Waals surface area contributed by atoms with Crippen molar-refractivity contribution in [3.05, 3.63) is 23.5 Å². The number of halogens is 3. The van der Waals surface area contributed by atoms with Crippen LogP contribution in [0, 0.1) is 0 Å². The maximum atomic E-state index is 12.2. The third-order valence-corrected chi connectivity index (χ3v) is 1.80. The minimum Gasteiger partial charge on any atom is -0.495 e. The van der Waals surface area contributed by atoms with Gasteiger partial charge in [0.1, 0.15) is 5.75 Å². The van der Waals surface area contributed by atoms with Crippen LogP contribution in [0.1, 0.15) is 17.7 Å². The van der Waals surface area contributed by atoms with Crippen LogP contribution in [-0.4, -0.2) is 12.1 Å². The number of hydrogen-bond acceptors (Lipinski definition) is 2. The first-order chi connectivity index (χ1) is 6.19. The monoisotopic (exact) mass is 207 g/mol. The molecule has 13 heavy (non-hydrogen) atoms. The van der Waals surface area contributed by atoms with Crippen molar-refractivity contribution in [2.45, 2.75) is 12.3 Å². The molecule has 0 atom stereocenters. The molecule has 0 fully saturated rings. The fraction of sp³-hybridized carbons (Fsp3) is 0.375. The standard InChI is InChI=1S/C8H8ClF2NO/c1-13-7-2-5(8(10)11)4-12-6(7)3-9/h2,4,8H,3H2,1H3. The minimum atomic E-state index is -2.54. The SMILES string of the molecule is COc1cc(C(F)F)cnc1CCl. The molecule has 0 aliphatic heterocycles. The van der Waals surface area contributed by atoms with Crippen molar-refractivity contribution in [1.29, 1.82) is 0 Å². The highest BCUT2D eigenvalue weighted by atomic mass is 35.5. The second-order valence-corrected chi connectivity index (χ2v) is 2.62. The molecule has 0 N–H and O–H groups in total. The summed E-state index contributed by atoms with van der Waals surface area (Å²) in [6.45, 7) is 0. The van der Waals surface area contributed by atoms with Crippen LogP contribution in [0.15, 0.2) is 12.3 Å². The van der Waals surface area contributed by atoms with Crippen molar-refractivity contribution in [3.8, 4) is 5.75 Å². The molecule has 2 nitrogen and oxygen atoms in total. The van der Waals surface area contributed by atoms with Gasteiger partial charge in [-0.3, -0.25) is 4.98 Å². The quantitative estimate of drug-likeness (QED) is 0.711. The smallest absolute Gasteiger partial charge is 0.265 e. The van der Waals surface area contributed by atoms with Gasteiger partial charge in [-0.15, -0.1) is 11.6 Å². The Morgan fingerprint density at radius 2 is 2.31 bits per heavy atom. The Bertz CT molecular complexity index is 293. The number of ether oxygens (including phenoxy) is 1. The van der Waals surface area contributed by atoms with Gasteiger partial charge in [-0.25, -0.2) is 8.78 Å². The average Bonchev–Trinajstić information content (AvgIpc) is 2.16. The van der Waals surface area contributed by atoms with Crippen molar-refractivity contribution in [2.24, 2.45) is 0 Å². The Hall–Kier alpha value is -0.900. The minimum absolute atomic E-state index is 0.146. The van der Waals surface area contributed by atoms with E-state index in [2.05, 4.69) is 4.98 Å². The first-order valence-corrected chi connectivity index (χ1v) is 4.09. The molecule has 0 saturated heterocycles. The van der Waals surface area contributed by atoms with Gasteiger partial charge in [0.15, 0.2) is 0 Å². The summed E-state index contributed by atoms with van der Waals surface area (Å²) in [7, 11) is 1.39. The molecule has 5 heteroatoms. The molecule has 0 aliphatic carbocycles. The predicted octanol–water partition coefficient (Wildman–Crippen LogP) is 2.77. The second kappa shape index (κ2) is 4.37. The van der Waals surface area contributed by atoms with E-state index in [1.165, 1.54) is 13.2 Å². The summed E-state index contributed by atoms with van der Waals surface area (Å²) in [5.74, 6) is 0.444. The Labute approximate surface area is 79.5 Å². The first-order valence-electron chi connectivity index (χ1n) is 3.56. The van der Waals surface area contributed by atoms with Gasteiger partial charge in [0.05, 0.1) is 18.7 Å². The van der Waals surface area contributed by atoms with Crippen LogP contribution in [0.2, 0.25) is 0 Å². The van der Waals surface area contributed by atoms with Gasteiger partial charge < -0.3 is 4.74 Å². The fourth-order valence-corrected chi connectivity index (χ4v) is 1.09. The van der Waals surface area contributed by atoms with E-state index in [9.17, 15) is 8.78 Å². The zero-order valence-corrected chi connectivity index (χ0v) is 7.68. The number of pyridine rings is 1. The lowest BCUT2D eigenvalue weighted by Crippen LogP contribution is -1.96. The van der Waals surface area contributed by atoms with Crippen LogP contribution in [0.5, 0.6) is 5.75 Å². The number of alkyl halides is 3. The maximum Gasteiger partial charge on any atom is 0.265 e. The van der Waals surface area contributed by atoms with Crippen LogP contribution in [0.3, 0.4) is 0 Å². The van der Waals surface area contributed by atoms with Gasteiger partial charge in [-0.05, 0) is 6.07 Å². The highest BCUT2D eigenvalue weighted by molar-refractivity contribution is 6.17. The first kappa shape index (κ1) is 10.2. The summed E-state index contributed by atoms with van der Waals surface area (Å²) < 4.78 is 29.2. The van der Waals surface area contributed by atoms with E-state index in [1.54, 1.807) is 0 Å². The van der Waals surface area contributed by atoms with E-state index < -0.39 is 6.43 Å². The third kappa shape index (κ3) is 2.28. The largest absolute Gasteiger partial charge is 0.495 e. The van der Waals surface area contributed by atoms with E-state index in [0.717, 1.165) is 6.20 Å². The molecule has 0 bridgehead atoms. The second-order valence-electron chi connectivity index (χ2n) is 2.35. The summed E-state index contributed by atoms with van der Waals surface area (Å²) >= 11 is 5.51. The molecule has 0 aliphatic rings. The number of methoxy groups -OCH3 is 1. The molecule has 1 aromatic rings. The summed E-state index contributed by atoms with van der Waals surface area (Å²) in [5.41, 5.74) is 0.305. The van der Waals surface area contributed by atoms with Gasteiger partial charge in [0.25, 0.3) is 6.43 Å². The Morgan fingerprint density at radius 1 is 1.62 bits per heavy atom. The molecule has 0 saturated carbocycles. The Balaban J connectivity index is 3.05. The highest BCUT2D eigenvalue weighted by Gasteiger charge is 2.11. The molecular weight excluding hydrogens is 200 g/mol. The van der Waals surface area contributed by atoms with Crippen molar-refractivity contribution in [2.75, 3.05) is 7.11 Å². The zero-order chi connectivity index (χ0) is 9.84. The molecular formula is C8H8ClF2NO. The van der Waals surface area contributed by atoms with Gasteiger partial charge in [-0.1, -0.05) is 0 Å². The lowest BCUT2D eigenvalue weighted by atomic mass is 10.2. The van der Waals surface area contributed by atoms with Crippen molar-refractivity contribution in [1.82, 2.24) is 4.98 Å². The van der Waals surface area contributed by atoms with Crippen molar-refractivity contribution >= 4 is 11.6 Å². The summed E-state index contributed by atoms with van der Waals surface area (Å²) in [6, 6.07) is 1.25. The number of aromatic nitrogens is 1. The topological polar surface area (TPSA) is 22.1 Å². The lowest BCUT2D eigenvalue weighted by Gasteiger charge is -2.06. The molecule has 0 spiro atoms. The van der Waals surface area contributed by atoms with Gasteiger partial charge in [0.2, 0.25) is 0 Å². The molecule has 0 aromatic carbocycles. The Kier molecular flexibility index (Phi) is 3.42. The molecule has 1 aromatic heterocycles. The van der Waals surface area contributed by atoms with E-state index in [-0.39, 0.29) is 11.4 Å². The lowest BCUT2D eigenvalue weighted by molar-refractivity contribution is 0.150. The molecule has 0 unspecified atom stereocenters. The predicted molar refractivity (Wildman–Crippen MR) is 45.3 cm³/mol. The fourth-order valence-electron chi connectivity index (χ4n) is 0.884. The molecule has 0 amide bonds. The van der Waals surface area contributed by atoms with Gasteiger partial charge >= 0.3 is 0 Å². The maximum absolute atomic E-state index is 12.2. The van der Waals surface area contributed by atoms with E-state index in [4.69, 9.17) is 16.3 Å². The summed E-state index contributed by atoms with van der Waals surface area (Å²) in [5, 5.41) is 0. The highest BCUT2D eigenvalue weighted by Crippen LogP contribution is 2.25. The molecule has 1 rings (SSSR count). The summed E-state index contributed by atoms with van der Waals surface area (Å²) in [6.07, 6.45) is -1.43. The van der Waals surface area contributed by atoms with Gasteiger partial charge in [0, 0.05) is 11.8 Å². The van der Waals surface area contributed by atoms with Crippen LogP contribution in [0.4, 0.5) is 8.78 Å². The van der Waals surface area contributed by atoms with Crippen LogP contribution in [-0.2, 0) is 5.88 Å². The normalized spacial score (nSPS) is 10.5. The number of nitrogens with zero attached hydrogens (tertiary/aromatic N) is 1. The Morgan fingerprint density at radius 3 is 2.77 bits per heavy atom. The number of hydrogen-bond donors (Lipinski definition) is 0.